The van der Waals surface area contributed by atoms with Crippen LogP contribution in [0.5, 0.6) is 0 Å². The average Bonchev–Trinajstić information content (AvgIpc) is 2.69. The van der Waals surface area contributed by atoms with E-state index >= 15 is 0 Å². The molecule has 0 spiro atoms. The van der Waals surface area contributed by atoms with Gasteiger partial charge in [0.05, 0.1) is 10.6 Å². The van der Waals surface area contributed by atoms with E-state index in [0.29, 0.717) is 16.5 Å². The first-order valence-electron chi connectivity index (χ1n) is 9.24. The normalized spacial score (nSPS) is 15.8. The van der Waals surface area contributed by atoms with Gasteiger partial charge in [-0.2, -0.15) is 0 Å². The van der Waals surface area contributed by atoms with Crippen LogP contribution in [0.15, 0.2) is 71.6 Å². The lowest BCUT2D eigenvalue weighted by Gasteiger charge is -2.22. The number of anilines is 1. The highest BCUT2D eigenvalue weighted by Crippen LogP contribution is 2.33. The van der Waals surface area contributed by atoms with Gasteiger partial charge in [0.2, 0.25) is 0 Å². The summed E-state index contributed by atoms with van der Waals surface area (Å²) in [6, 6.07) is 20.8. The Morgan fingerprint density at radius 2 is 1.46 bits per heavy atom. The molecule has 3 aromatic carbocycles. The molecule has 1 aliphatic rings. The standard InChI is InChI=1S/C22H23NO2S/c24-26(25,23-22-12-6-10-19-9-4-5-11-21(19)22)20-15-13-18(14-16-20)17-7-2-1-3-8-17/h4-6,9-17,23H,1-3,7-8H2. The first-order valence-corrected chi connectivity index (χ1v) is 10.7. The predicted octanol–water partition coefficient (Wildman–Crippen LogP) is 5.69. The van der Waals surface area contributed by atoms with Gasteiger partial charge in [0.1, 0.15) is 0 Å². The van der Waals surface area contributed by atoms with Gasteiger partial charge in [0.15, 0.2) is 0 Å². The van der Waals surface area contributed by atoms with Gasteiger partial charge in [-0.3, -0.25) is 4.72 Å². The second-order valence-electron chi connectivity index (χ2n) is 7.04. The third kappa shape index (κ3) is 3.47. The summed E-state index contributed by atoms with van der Waals surface area (Å²) >= 11 is 0. The fourth-order valence-corrected chi connectivity index (χ4v) is 4.95. The van der Waals surface area contributed by atoms with Crippen LogP contribution in [-0.4, -0.2) is 8.42 Å². The third-order valence-corrected chi connectivity index (χ3v) is 6.68. The van der Waals surface area contributed by atoms with Crippen molar-refractivity contribution in [2.45, 2.75) is 42.9 Å². The summed E-state index contributed by atoms with van der Waals surface area (Å²) in [5.41, 5.74) is 1.87. The zero-order chi connectivity index (χ0) is 18.0. The van der Waals surface area contributed by atoms with Crippen LogP contribution < -0.4 is 4.72 Å². The van der Waals surface area contributed by atoms with Crippen LogP contribution in [0.1, 0.15) is 43.6 Å². The maximum atomic E-state index is 12.8. The van der Waals surface area contributed by atoms with E-state index in [-0.39, 0.29) is 0 Å². The summed E-state index contributed by atoms with van der Waals surface area (Å²) in [5.74, 6) is 0.575. The topological polar surface area (TPSA) is 46.2 Å². The molecule has 26 heavy (non-hydrogen) atoms. The minimum absolute atomic E-state index is 0.310. The second-order valence-corrected chi connectivity index (χ2v) is 8.72. The Kier molecular flexibility index (Phi) is 4.68. The van der Waals surface area contributed by atoms with E-state index in [1.54, 1.807) is 18.2 Å². The first kappa shape index (κ1) is 17.1. The molecule has 1 N–H and O–H groups in total. The molecule has 0 heterocycles. The Bertz CT molecular complexity index is 999. The van der Waals surface area contributed by atoms with Gasteiger partial charge in [0, 0.05) is 5.39 Å². The Balaban J connectivity index is 1.60. The molecule has 0 amide bonds. The van der Waals surface area contributed by atoms with Crippen LogP contribution in [0.3, 0.4) is 0 Å². The quantitative estimate of drug-likeness (QED) is 0.646. The van der Waals surface area contributed by atoms with Gasteiger partial charge >= 0.3 is 0 Å². The van der Waals surface area contributed by atoms with Crippen molar-refractivity contribution in [2.24, 2.45) is 0 Å². The highest BCUT2D eigenvalue weighted by molar-refractivity contribution is 7.92. The van der Waals surface area contributed by atoms with E-state index in [9.17, 15) is 8.42 Å². The van der Waals surface area contributed by atoms with Crippen LogP contribution in [-0.2, 0) is 10.0 Å². The lowest BCUT2D eigenvalue weighted by Crippen LogP contribution is -2.13. The summed E-state index contributed by atoms with van der Waals surface area (Å²) < 4.78 is 28.4. The lowest BCUT2D eigenvalue weighted by molar-refractivity contribution is 0.443. The molecular weight excluding hydrogens is 342 g/mol. The van der Waals surface area contributed by atoms with E-state index in [1.165, 1.54) is 37.7 Å². The summed E-state index contributed by atoms with van der Waals surface area (Å²) in [6.45, 7) is 0. The maximum Gasteiger partial charge on any atom is 0.261 e. The van der Waals surface area contributed by atoms with Gasteiger partial charge in [-0.1, -0.05) is 67.8 Å². The van der Waals surface area contributed by atoms with Gasteiger partial charge in [-0.25, -0.2) is 8.42 Å². The van der Waals surface area contributed by atoms with Crippen LogP contribution in [0.25, 0.3) is 10.8 Å². The Morgan fingerprint density at radius 1 is 0.769 bits per heavy atom. The highest BCUT2D eigenvalue weighted by atomic mass is 32.2. The summed E-state index contributed by atoms with van der Waals surface area (Å²) in [6.07, 6.45) is 6.28. The molecule has 0 atom stereocenters. The van der Waals surface area contributed by atoms with Crippen LogP contribution >= 0.6 is 0 Å². The van der Waals surface area contributed by atoms with Crippen molar-refractivity contribution < 1.29 is 8.42 Å². The van der Waals surface area contributed by atoms with Crippen molar-refractivity contribution >= 4 is 26.5 Å². The van der Waals surface area contributed by atoms with Gasteiger partial charge in [-0.15, -0.1) is 0 Å². The molecule has 3 aromatic rings. The van der Waals surface area contributed by atoms with E-state index in [0.717, 1.165) is 10.8 Å². The van der Waals surface area contributed by atoms with E-state index in [4.69, 9.17) is 0 Å². The molecule has 134 valence electrons. The Hall–Kier alpha value is -2.33. The average molecular weight is 365 g/mol. The van der Waals surface area contributed by atoms with Crippen LogP contribution in [0.2, 0.25) is 0 Å². The first-order chi connectivity index (χ1) is 12.6. The molecule has 0 saturated heterocycles. The molecule has 1 fully saturated rings. The molecule has 0 aromatic heterocycles. The molecule has 4 heteroatoms. The van der Waals surface area contributed by atoms with Gasteiger partial charge in [0.25, 0.3) is 10.0 Å². The monoisotopic (exact) mass is 365 g/mol. The number of fused-ring (bicyclic) bond motifs is 1. The predicted molar refractivity (Wildman–Crippen MR) is 107 cm³/mol. The smallest absolute Gasteiger partial charge is 0.261 e. The minimum atomic E-state index is -3.60. The molecular formula is C22H23NO2S. The van der Waals surface area contributed by atoms with Crippen molar-refractivity contribution in [2.75, 3.05) is 4.72 Å². The van der Waals surface area contributed by atoms with Crippen LogP contribution in [0.4, 0.5) is 5.69 Å². The van der Waals surface area contributed by atoms with Crippen molar-refractivity contribution in [1.29, 1.82) is 0 Å². The van der Waals surface area contributed by atoms with E-state index < -0.39 is 10.0 Å². The SMILES string of the molecule is O=S(=O)(Nc1cccc2ccccc12)c1ccc(C2CCCCC2)cc1. The zero-order valence-electron chi connectivity index (χ0n) is 14.7. The molecule has 0 radical (unpaired) electrons. The lowest BCUT2D eigenvalue weighted by atomic mass is 9.84. The fourth-order valence-electron chi connectivity index (χ4n) is 3.87. The second kappa shape index (κ2) is 7.12. The summed E-state index contributed by atoms with van der Waals surface area (Å²) in [4.78, 5) is 0.310. The van der Waals surface area contributed by atoms with Crippen molar-refractivity contribution in [3.63, 3.8) is 0 Å². The largest absolute Gasteiger partial charge is 0.279 e. The number of sulfonamides is 1. The summed E-state index contributed by atoms with van der Waals surface area (Å²) in [7, 11) is -3.60. The Labute approximate surface area is 155 Å². The number of benzene rings is 3. The summed E-state index contributed by atoms with van der Waals surface area (Å²) in [5, 5.41) is 1.91. The molecule has 0 aliphatic heterocycles. The van der Waals surface area contributed by atoms with Gasteiger partial charge < -0.3 is 0 Å². The van der Waals surface area contributed by atoms with E-state index in [2.05, 4.69) is 4.72 Å². The number of nitrogens with one attached hydrogen (secondary N) is 1. The highest BCUT2D eigenvalue weighted by Gasteiger charge is 2.18. The van der Waals surface area contributed by atoms with Crippen molar-refractivity contribution in [3.05, 3.63) is 72.3 Å². The van der Waals surface area contributed by atoms with Crippen molar-refractivity contribution in [1.82, 2.24) is 0 Å². The third-order valence-electron chi connectivity index (χ3n) is 5.30. The Morgan fingerprint density at radius 3 is 2.23 bits per heavy atom. The number of hydrogen-bond donors (Lipinski definition) is 1. The molecule has 1 aliphatic carbocycles. The van der Waals surface area contributed by atoms with Crippen molar-refractivity contribution in [3.8, 4) is 0 Å². The molecule has 0 unspecified atom stereocenters. The minimum Gasteiger partial charge on any atom is -0.279 e. The molecule has 1 saturated carbocycles. The molecule has 4 rings (SSSR count). The van der Waals surface area contributed by atoms with Crippen LogP contribution in [0, 0.1) is 0 Å². The molecule has 3 nitrogen and oxygen atoms in total. The zero-order valence-corrected chi connectivity index (χ0v) is 15.5. The maximum absolute atomic E-state index is 12.8. The van der Waals surface area contributed by atoms with Gasteiger partial charge in [-0.05, 0) is 47.9 Å². The number of rotatable bonds is 4. The number of hydrogen-bond acceptors (Lipinski definition) is 2. The fraction of sp³-hybridized carbons (Fsp3) is 0.273. The molecule has 0 bridgehead atoms. The van der Waals surface area contributed by atoms with E-state index in [1.807, 2.05) is 48.5 Å².